The summed E-state index contributed by atoms with van der Waals surface area (Å²) in [5.74, 6) is 0.535. The van der Waals surface area contributed by atoms with Crippen LogP contribution in [0.5, 0.6) is 0 Å². The molecule has 0 aromatic carbocycles. The molecular weight excluding hydrogens is 233 g/mol. The molecule has 0 saturated heterocycles. The van der Waals surface area contributed by atoms with Crippen molar-refractivity contribution < 1.29 is 4.79 Å². The van der Waals surface area contributed by atoms with Crippen LogP contribution in [0.4, 0.5) is 0 Å². The van der Waals surface area contributed by atoms with Gasteiger partial charge in [0.15, 0.2) is 0 Å². The van der Waals surface area contributed by atoms with E-state index in [1.54, 1.807) is 0 Å². The van der Waals surface area contributed by atoms with Crippen molar-refractivity contribution >= 4 is 29.1 Å². The van der Waals surface area contributed by atoms with Gasteiger partial charge in [-0.05, 0) is 19.3 Å². The van der Waals surface area contributed by atoms with Gasteiger partial charge in [0.25, 0.3) is 0 Å². The van der Waals surface area contributed by atoms with Crippen LogP contribution in [0.3, 0.4) is 0 Å². The lowest BCUT2D eigenvalue weighted by atomic mass is 10.00. The number of rotatable bonds is 6. The van der Waals surface area contributed by atoms with Crippen molar-refractivity contribution in [3.63, 3.8) is 0 Å². The Morgan fingerprint density at radius 3 is 2.53 bits per heavy atom. The highest BCUT2D eigenvalue weighted by Gasteiger charge is 2.51. The molecule has 0 aromatic heterocycles. The molecule has 88 valence electrons. The van der Waals surface area contributed by atoms with Gasteiger partial charge in [-0.2, -0.15) is 0 Å². The molecule has 2 atom stereocenters. The molecule has 1 unspecified atom stereocenters. The molecule has 15 heavy (non-hydrogen) atoms. The summed E-state index contributed by atoms with van der Waals surface area (Å²) in [6.45, 7) is 4.76. The number of halogens is 2. The summed E-state index contributed by atoms with van der Waals surface area (Å²) in [4.78, 5) is 11.7. The van der Waals surface area contributed by atoms with Crippen LogP contribution in [0.15, 0.2) is 0 Å². The van der Waals surface area contributed by atoms with E-state index in [0.29, 0.717) is 6.54 Å². The Hall–Kier alpha value is 0.0500. The van der Waals surface area contributed by atoms with Crippen LogP contribution in [0, 0.1) is 11.8 Å². The normalized spacial score (nSPS) is 24.7. The van der Waals surface area contributed by atoms with Crippen molar-refractivity contribution in [1.29, 1.82) is 0 Å². The molecule has 1 fully saturated rings. The molecule has 1 N–H and O–H groups in total. The zero-order chi connectivity index (χ0) is 11.5. The summed E-state index contributed by atoms with van der Waals surface area (Å²) < 4.78 is -0.584. The molecule has 1 saturated carbocycles. The van der Waals surface area contributed by atoms with E-state index < -0.39 is 4.33 Å². The highest BCUT2D eigenvalue weighted by Crippen LogP contribution is 2.52. The van der Waals surface area contributed by atoms with Gasteiger partial charge in [-0.15, -0.1) is 23.2 Å². The van der Waals surface area contributed by atoms with Gasteiger partial charge in [0.2, 0.25) is 5.91 Å². The Bertz CT molecular complexity index is 231. The first-order chi connectivity index (χ1) is 7.01. The summed E-state index contributed by atoms with van der Waals surface area (Å²) in [5.41, 5.74) is 0. The third-order valence-corrected chi connectivity index (χ3v) is 3.90. The number of amides is 1. The Morgan fingerprint density at radius 1 is 1.53 bits per heavy atom. The average molecular weight is 252 g/mol. The van der Waals surface area contributed by atoms with Gasteiger partial charge in [-0.3, -0.25) is 4.79 Å². The SMILES string of the molecule is CCCC(CC)C(=O)NC[C@@H]1CC1(Cl)Cl. The number of hydrogen-bond donors (Lipinski definition) is 1. The van der Waals surface area contributed by atoms with Crippen LogP contribution in [0.2, 0.25) is 0 Å². The van der Waals surface area contributed by atoms with Gasteiger partial charge in [-0.1, -0.05) is 20.3 Å². The highest BCUT2D eigenvalue weighted by atomic mass is 35.5. The Morgan fingerprint density at radius 2 is 2.13 bits per heavy atom. The molecular formula is C11H19Cl2NO. The zero-order valence-corrected chi connectivity index (χ0v) is 10.9. The Kier molecular flexibility index (Phi) is 4.72. The zero-order valence-electron chi connectivity index (χ0n) is 9.35. The minimum Gasteiger partial charge on any atom is -0.355 e. The minimum absolute atomic E-state index is 0.147. The number of carbonyl (C=O) groups is 1. The molecule has 1 aliphatic carbocycles. The van der Waals surface area contributed by atoms with Crippen LogP contribution in [0.25, 0.3) is 0 Å². The van der Waals surface area contributed by atoms with E-state index in [0.717, 1.165) is 25.7 Å². The lowest BCUT2D eigenvalue weighted by Crippen LogP contribution is -2.32. The number of hydrogen-bond acceptors (Lipinski definition) is 1. The molecule has 1 rings (SSSR count). The van der Waals surface area contributed by atoms with E-state index in [4.69, 9.17) is 23.2 Å². The molecule has 0 spiro atoms. The first kappa shape index (κ1) is 13.1. The van der Waals surface area contributed by atoms with Crippen LogP contribution >= 0.6 is 23.2 Å². The van der Waals surface area contributed by atoms with Crippen molar-refractivity contribution in [3.8, 4) is 0 Å². The molecule has 0 aliphatic heterocycles. The molecule has 4 heteroatoms. The molecule has 0 aromatic rings. The largest absolute Gasteiger partial charge is 0.355 e. The molecule has 1 aliphatic rings. The lowest BCUT2D eigenvalue weighted by molar-refractivity contribution is -0.125. The maximum Gasteiger partial charge on any atom is 0.223 e. The van der Waals surface area contributed by atoms with E-state index >= 15 is 0 Å². The summed E-state index contributed by atoms with van der Waals surface area (Å²) in [7, 11) is 0. The standard InChI is InChI=1S/C11H19Cl2NO/c1-3-5-8(4-2)10(15)14-7-9-6-11(9,12)13/h8-9H,3-7H2,1-2H3,(H,14,15)/t8?,9-/m0/s1. The van der Waals surface area contributed by atoms with E-state index in [-0.39, 0.29) is 17.7 Å². The van der Waals surface area contributed by atoms with Crippen LogP contribution in [-0.4, -0.2) is 16.8 Å². The monoisotopic (exact) mass is 251 g/mol. The topological polar surface area (TPSA) is 29.1 Å². The average Bonchev–Trinajstić information content (AvgIpc) is 2.79. The van der Waals surface area contributed by atoms with Gasteiger partial charge >= 0.3 is 0 Å². The number of nitrogens with one attached hydrogen (secondary N) is 1. The summed E-state index contributed by atoms with van der Waals surface area (Å²) in [6.07, 6.45) is 3.70. The second-order valence-corrected chi connectivity index (χ2v) is 5.84. The fraction of sp³-hybridized carbons (Fsp3) is 0.909. The first-order valence-corrected chi connectivity index (χ1v) is 6.42. The Balaban J connectivity index is 2.23. The van der Waals surface area contributed by atoms with Gasteiger partial charge in [-0.25, -0.2) is 0 Å². The molecule has 2 nitrogen and oxygen atoms in total. The quantitative estimate of drug-likeness (QED) is 0.723. The second kappa shape index (κ2) is 5.40. The highest BCUT2D eigenvalue weighted by molar-refractivity contribution is 6.50. The maximum absolute atomic E-state index is 11.7. The number of carbonyl (C=O) groups excluding carboxylic acids is 1. The van der Waals surface area contributed by atoms with Crippen molar-refractivity contribution in [2.75, 3.05) is 6.54 Å². The van der Waals surface area contributed by atoms with E-state index in [1.807, 2.05) is 6.92 Å². The fourth-order valence-electron chi connectivity index (χ4n) is 1.73. The van der Waals surface area contributed by atoms with Gasteiger partial charge in [0.1, 0.15) is 4.33 Å². The third kappa shape index (κ3) is 3.84. The van der Waals surface area contributed by atoms with E-state index in [1.165, 1.54) is 0 Å². The number of alkyl halides is 2. The maximum atomic E-state index is 11.7. The fourth-order valence-corrected chi connectivity index (χ4v) is 2.26. The van der Waals surface area contributed by atoms with Gasteiger partial charge in [0.05, 0.1) is 0 Å². The molecule has 0 heterocycles. The molecule has 1 amide bonds. The van der Waals surface area contributed by atoms with Crippen molar-refractivity contribution in [1.82, 2.24) is 5.32 Å². The summed E-state index contributed by atoms with van der Waals surface area (Å²) in [5, 5.41) is 2.93. The second-order valence-electron chi connectivity index (χ2n) is 4.30. The van der Waals surface area contributed by atoms with E-state index in [9.17, 15) is 4.79 Å². The minimum atomic E-state index is -0.584. The van der Waals surface area contributed by atoms with Crippen molar-refractivity contribution in [2.24, 2.45) is 11.8 Å². The Labute approximate surface area is 102 Å². The smallest absolute Gasteiger partial charge is 0.223 e. The third-order valence-electron chi connectivity index (χ3n) is 2.98. The molecule has 0 bridgehead atoms. The molecule has 0 radical (unpaired) electrons. The predicted molar refractivity (Wildman–Crippen MR) is 64.2 cm³/mol. The van der Waals surface area contributed by atoms with Gasteiger partial charge in [0, 0.05) is 18.4 Å². The van der Waals surface area contributed by atoms with Crippen molar-refractivity contribution in [2.45, 2.75) is 43.9 Å². The van der Waals surface area contributed by atoms with Crippen LogP contribution in [-0.2, 0) is 4.79 Å². The van der Waals surface area contributed by atoms with Gasteiger partial charge < -0.3 is 5.32 Å². The van der Waals surface area contributed by atoms with Crippen molar-refractivity contribution in [3.05, 3.63) is 0 Å². The van der Waals surface area contributed by atoms with Crippen LogP contribution < -0.4 is 5.32 Å². The first-order valence-electron chi connectivity index (χ1n) is 5.66. The summed E-state index contributed by atoms with van der Waals surface area (Å²) in [6, 6.07) is 0. The predicted octanol–water partition coefficient (Wildman–Crippen LogP) is 3.12. The van der Waals surface area contributed by atoms with E-state index in [2.05, 4.69) is 12.2 Å². The lowest BCUT2D eigenvalue weighted by Gasteiger charge is -2.13. The summed E-state index contributed by atoms with van der Waals surface area (Å²) >= 11 is 11.8. The van der Waals surface area contributed by atoms with Crippen LogP contribution in [0.1, 0.15) is 39.5 Å².